The SMILES string of the molecule is Cn1nncc1C(=O)C1CN2CCN1CC2. The van der Waals surface area contributed by atoms with E-state index in [4.69, 9.17) is 0 Å². The van der Waals surface area contributed by atoms with Crippen molar-refractivity contribution in [3.63, 3.8) is 0 Å². The van der Waals surface area contributed by atoms with Gasteiger partial charge in [-0.15, -0.1) is 5.10 Å². The second kappa shape index (κ2) is 3.64. The monoisotopic (exact) mass is 221 g/mol. The Morgan fingerprint density at radius 2 is 2.12 bits per heavy atom. The van der Waals surface area contributed by atoms with Gasteiger partial charge in [-0.2, -0.15) is 0 Å². The molecule has 4 heterocycles. The molecule has 0 aromatic carbocycles. The van der Waals surface area contributed by atoms with Gasteiger partial charge in [-0.3, -0.25) is 14.6 Å². The Hall–Kier alpha value is -1.27. The Bertz CT molecular complexity index is 407. The minimum Gasteiger partial charge on any atom is -0.299 e. The summed E-state index contributed by atoms with van der Waals surface area (Å²) in [4.78, 5) is 16.9. The van der Waals surface area contributed by atoms with E-state index in [1.165, 1.54) is 0 Å². The molecule has 1 unspecified atom stereocenters. The molecule has 3 aliphatic rings. The van der Waals surface area contributed by atoms with Gasteiger partial charge in [0.1, 0.15) is 5.69 Å². The van der Waals surface area contributed by atoms with Crippen molar-refractivity contribution in [1.29, 1.82) is 0 Å². The van der Waals surface area contributed by atoms with Gasteiger partial charge in [-0.05, 0) is 0 Å². The van der Waals surface area contributed by atoms with E-state index >= 15 is 0 Å². The molecule has 0 amide bonds. The molecule has 4 rings (SSSR count). The van der Waals surface area contributed by atoms with Gasteiger partial charge in [0.2, 0.25) is 5.78 Å². The van der Waals surface area contributed by atoms with Gasteiger partial charge in [-0.1, -0.05) is 5.21 Å². The van der Waals surface area contributed by atoms with Gasteiger partial charge in [0, 0.05) is 39.8 Å². The lowest BCUT2D eigenvalue weighted by Gasteiger charge is -2.46. The number of Topliss-reactive ketones (excluding diaryl/α,β-unsaturated/α-hetero) is 1. The van der Waals surface area contributed by atoms with Crippen LogP contribution in [0.1, 0.15) is 10.5 Å². The Morgan fingerprint density at radius 1 is 1.38 bits per heavy atom. The van der Waals surface area contributed by atoms with Crippen LogP contribution in [-0.4, -0.2) is 69.3 Å². The summed E-state index contributed by atoms with van der Waals surface area (Å²) in [6.07, 6.45) is 1.56. The van der Waals surface area contributed by atoms with Crippen LogP contribution in [0.4, 0.5) is 0 Å². The fraction of sp³-hybridized carbons (Fsp3) is 0.700. The van der Waals surface area contributed by atoms with Crippen LogP contribution < -0.4 is 0 Å². The third-order valence-electron chi connectivity index (χ3n) is 3.55. The Labute approximate surface area is 93.8 Å². The van der Waals surface area contributed by atoms with Crippen molar-refractivity contribution in [3.8, 4) is 0 Å². The zero-order chi connectivity index (χ0) is 11.1. The van der Waals surface area contributed by atoms with E-state index < -0.39 is 0 Å². The van der Waals surface area contributed by atoms with Crippen molar-refractivity contribution in [1.82, 2.24) is 24.8 Å². The molecule has 0 saturated carbocycles. The molecule has 1 aromatic rings. The summed E-state index contributed by atoms with van der Waals surface area (Å²) in [5.41, 5.74) is 0.610. The predicted molar refractivity (Wildman–Crippen MR) is 57.1 cm³/mol. The van der Waals surface area contributed by atoms with Crippen LogP contribution in [-0.2, 0) is 7.05 Å². The molecule has 86 valence electrons. The number of hydrogen-bond donors (Lipinski definition) is 0. The van der Waals surface area contributed by atoms with Crippen LogP contribution in [0.3, 0.4) is 0 Å². The third-order valence-corrected chi connectivity index (χ3v) is 3.55. The maximum atomic E-state index is 12.3. The molecule has 1 atom stereocenters. The Morgan fingerprint density at radius 3 is 2.62 bits per heavy atom. The van der Waals surface area contributed by atoms with E-state index in [2.05, 4.69) is 20.1 Å². The summed E-state index contributed by atoms with van der Waals surface area (Å²) in [5, 5.41) is 7.57. The average Bonchev–Trinajstić information content (AvgIpc) is 2.76. The fourth-order valence-electron chi connectivity index (χ4n) is 2.55. The van der Waals surface area contributed by atoms with Crippen molar-refractivity contribution < 1.29 is 4.79 Å². The Kier molecular flexibility index (Phi) is 2.26. The van der Waals surface area contributed by atoms with Gasteiger partial charge < -0.3 is 0 Å². The van der Waals surface area contributed by atoms with Crippen LogP contribution in [0.2, 0.25) is 0 Å². The summed E-state index contributed by atoms with van der Waals surface area (Å²) < 4.78 is 1.56. The van der Waals surface area contributed by atoms with Crippen LogP contribution in [0.25, 0.3) is 0 Å². The predicted octanol–water partition coefficient (Wildman–Crippen LogP) is -1.00. The number of piperazine rings is 3. The standard InChI is InChI=1S/C10H15N5O/c1-13-8(6-11-12-13)10(16)9-7-14-2-4-15(9)5-3-14/h6,9H,2-5,7H2,1H3. The average molecular weight is 221 g/mol. The maximum absolute atomic E-state index is 12.3. The molecule has 3 aliphatic heterocycles. The highest BCUT2D eigenvalue weighted by molar-refractivity contribution is 5.98. The minimum absolute atomic E-state index is 0.000278. The van der Waals surface area contributed by atoms with Crippen LogP contribution in [0, 0.1) is 0 Å². The molecular weight excluding hydrogens is 206 g/mol. The number of aryl methyl sites for hydroxylation is 1. The first-order valence-electron chi connectivity index (χ1n) is 5.61. The minimum atomic E-state index is -0.000278. The van der Waals surface area contributed by atoms with E-state index in [9.17, 15) is 4.79 Å². The lowest BCUT2D eigenvalue weighted by atomic mass is 10.0. The number of fused-ring (bicyclic) bond motifs is 3. The summed E-state index contributed by atoms with van der Waals surface area (Å²) in [6, 6.07) is -0.000278. The van der Waals surface area contributed by atoms with Crippen LogP contribution >= 0.6 is 0 Å². The smallest absolute Gasteiger partial charge is 0.200 e. The fourth-order valence-corrected chi connectivity index (χ4v) is 2.55. The second-order valence-corrected chi connectivity index (χ2v) is 4.46. The van der Waals surface area contributed by atoms with Crippen LogP contribution in [0.5, 0.6) is 0 Å². The normalized spacial score (nSPS) is 32.9. The molecule has 0 aliphatic carbocycles. The highest BCUT2D eigenvalue weighted by Crippen LogP contribution is 2.18. The lowest BCUT2D eigenvalue weighted by molar-refractivity contribution is 0.0154. The van der Waals surface area contributed by atoms with Crippen molar-refractivity contribution >= 4 is 5.78 Å². The zero-order valence-electron chi connectivity index (χ0n) is 9.33. The molecule has 3 fully saturated rings. The van der Waals surface area contributed by atoms with Gasteiger partial charge in [0.15, 0.2) is 0 Å². The van der Waals surface area contributed by atoms with Crippen LogP contribution in [0.15, 0.2) is 6.20 Å². The van der Waals surface area contributed by atoms with Crippen molar-refractivity contribution in [2.24, 2.45) is 7.05 Å². The topological polar surface area (TPSA) is 54.3 Å². The molecule has 2 bridgehead atoms. The van der Waals surface area contributed by atoms with Gasteiger partial charge in [0.05, 0.1) is 12.2 Å². The number of nitrogens with zero attached hydrogens (tertiary/aromatic N) is 5. The highest BCUT2D eigenvalue weighted by atomic mass is 16.1. The highest BCUT2D eigenvalue weighted by Gasteiger charge is 2.37. The van der Waals surface area contributed by atoms with Crippen molar-refractivity contribution in [2.45, 2.75) is 6.04 Å². The molecule has 0 N–H and O–H groups in total. The molecule has 3 saturated heterocycles. The summed E-state index contributed by atoms with van der Waals surface area (Å²) in [5.74, 6) is 0.150. The van der Waals surface area contributed by atoms with Crippen molar-refractivity contribution in [2.75, 3.05) is 32.7 Å². The third kappa shape index (κ3) is 1.45. The number of carbonyl (C=O) groups excluding carboxylic acids is 1. The largest absolute Gasteiger partial charge is 0.299 e. The van der Waals surface area contributed by atoms with E-state index in [0.717, 1.165) is 32.7 Å². The van der Waals surface area contributed by atoms with E-state index in [1.54, 1.807) is 17.9 Å². The number of hydrogen-bond acceptors (Lipinski definition) is 5. The quantitative estimate of drug-likeness (QED) is 0.599. The Balaban J connectivity index is 1.83. The van der Waals surface area contributed by atoms with Gasteiger partial charge in [-0.25, -0.2) is 4.68 Å². The molecular formula is C10H15N5O. The second-order valence-electron chi connectivity index (χ2n) is 4.46. The van der Waals surface area contributed by atoms with Crippen molar-refractivity contribution in [3.05, 3.63) is 11.9 Å². The summed E-state index contributed by atoms with van der Waals surface area (Å²) in [7, 11) is 1.76. The zero-order valence-corrected chi connectivity index (χ0v) is 9.33. The molecule has 0 spiro atoms. The number of aromatic nitrogens is 3. The number of rotatable bonds is 2. The van der Waals surface area contributed by atoms with Gasteiger partial charge in [0.25, 0.3) is 0 Å². The lowest BCUT2D eigenvalue weighted by Crippen LogP contribution is -2.63. The number of ketones is 1. The molecule has 6 nitrogen and oxygen atoms in total. The summed E-state index contributed by atoms with van der Waals surface area (Å²) >= 11 is 0. The maximum Gasteiger partial charge on any atom is 0.200 e. The first-order valence-corrected chi connectivity index (χ1v) is 5.61. The summed E-state index contributed by atoms with van der Waals surface area (Å²) in [6.45, 7) is 5.04. The molecule has 1 aromatic heterocycles. The molecule has 16 heavy (non-hydrogen) atoms. The number of carbonyl (C=O) groups is 1. The first kappa shape index (κ1) is 9.92. The first-order chi connectivity index (χ1) is 7.75. The van der Waals surface area contributed by atoms with E-state index in [1.807, 2.05) is 0 Å². The molecule has 6 heteroatoms. The molecule has 0 radical (unpaired) electrons. The van der Waals surface area contributed by atoms with Gasteiger partial charge >= 0.3 is 0 Å². The van der Waals surface area contributed by atoms with E-state index in [-0.39, 0.29) is 11.8 Å². The van der Waals surface area contributed by atoms with E-state index in [0.29, 0.717) is 5.69 Å².